The number of hydrogen-bond donors (Lipinski definition) is 2. The summed E-state index contributed by atoms with van der Waals surface area (Å²) >= 11 is 6.07. The van der Waals surface area contributed by atoms with Crippen molar-refractivity contribution in [2.75, 3.05) is 17.2 Å². The molecular weight excluding hydrogens is 262 g/mol. The van der Waals surface area contributed by atoms with Crippen LogP contribution in [0.2, 0.25) is 5.02 Å². The molecule has 2 rings (SSSR count). The van der Waals surface area contributed by atoms with Crippen LogP contribution in [-0.2, 0) is 0 Å². The zero-order valence-corrected chi connectivity index (χ0v) is 11.1. The third kappa shape index (κ3) is 3.33. The lowest BCUT2D eigenvalue weighted by Gasteiger charge is -2.09. The Morgan fingerprint density at radius 2 is 2.11 bits per heavy atom. The van der Waals surface area contributed by atoms with Crippen LogP contribution in [0.5, 0.6) is 0 Å². The Balaban J connectivity index is 2.26. The molecule has 19 heavy (non-hydrogen) atoms. The first-order chi connectivity index (χ1) is 9.22. The Morgan fingerprint density at radius 3 is 2.84 bits per heavy atom. The highest BCUT2D eigenvalue weighted by molar-refractivity contribution is 6.33. The van der Waals surface area contributed by atoms with Gasteiger partial charge in [-0.2, -0.15) is 5.26 Å². The molecule has 1 heterocycles. The molecule has 0 atom stereocenters. The van der Waals surface area contributed by atoms with Crippen LogP contribution in [0, 0.1) is 11.3 Å². The molecule has 1 aromatic carbocycles. The van der Waals surface area contributed by atoms with Crippen molar-refractivity contribution in [2.45, 2.75) is 6.92 Å². The van der Waals surface area contributed by atoms with Gasteiger partial charge < -0.3 is 10.6 Å². The van der Waals surface area contributed by atoms with Crippen molar-refractivity contribution in [3.8, 4) is 6.07 Å². The quantitative estimate of drug-likeness (QED) is 0.895. The minimum atomic E-state index is 0.523. The molecule has 0 spiro atoms. The van der Waals surface area contributed by atoms with Gasteiger partial charge in [0, 0.05) is 6.54 Å². The normalized spacial score (nSPS) is 9.74. The maximum atomic E-state index is 8.87. The highest BCUT2D eigenvalue weighted by Crippen LogP contribution is 2.25. The van der Waals surface area contributed by atoms with E-state index in [0.29, 0.717) is 27.9 Å². The fourth-order valence-corrected chi connectivity index (χ4v) is 1.69. The Labute approximate surface area is 116 Å². The van der Waals surface area contributed by atoms with Crippen LogP contribution in [0.1, 0.15) is 12.5 Å². The van der Waals surface area contributed by atoms with Crippen molar-refractivity contribution in [1.82, 2.24) is 9.97 Å². The molecule has 0 aliphatic carbocycles. The Morgan fingerprint density at radius 1 is 1.32 bits per heavy atom. The Kier molecular flexibility index (Phi) is 4.16. The summed E-state index contributed by atoms with van der Waals surface area (Å²) in [6.45, 7) is 2.75. The van der Waals surface area contributed by atoms with E-state index >= 15 is 0 Å². The summed E-state index contributed by atoms with van der Waals surface area (Å²) in [5.41, 5.74) is 1.16. The average Bonchev–Trinajstić information content (AvgIpc) is 2.42. The van der Waals surface area contributed by atoms with Crippen LogP contribution in [0.15, 0.2) is 30.6 Å². The summed E-state index contributed by atoms with van der Waals surface area (Å²) in [7, 11) is 0. The van der Waals surface area contributed by atoms with E-state index in [2.05, 4.69) is 26.7 Å². The highest BCUT2D eigenvalue weighted by Gasteiger charge is 2.04. The number of nitrogens with zero attached hydrogens (tertiary/aromatic N) is 3. The molecule has 6 heteroatoms. The van der Waals surface area contributed by atoms with Gasteiger partial charge in [0.15, 0.2) is 5.82 Å². The third-order valence-corrected chi connectivity index (χ3v) is 2.68. The molecule has 0 saturated carbocycles. The van der Waals surface area contributed by atoms with Gasteiger partial charge in [-0.25, -0.2) is 4.98 Å². The Hall–Kier alpha value is -2.32. The van der Waals surface area contributed by atoms with E-state index in [1.807, 2.05) is 6.92 Å². The van der Waals surface area contributed by atoms with Gasteiger partial charge in [-0.05, 0) is 25.1 Å². The van der Waals surface area contributed by atoms with Gasteiger partial charge in [0.1, 0.15) is 5.82 Å². The predicted molar refractivity (Wildman–Crippen MR) is 75.6 cm³/mol. The van der Waals surface area contributed by atoms with Crippen LogP contribution in [0.4, 0.5) is 17.3 Å². The Bertz CT molecular complexity index is 621. The number of rotatable bonds is 4. The molecule has 0 bridgehead atoms. The van der Waals surface area contributed by atoms with Crippen LogP contribution in [-0.4, -0.2) is 16.5 Å². The zero-order valence-electron chi connectivity index (χ0n) is 10.3. The summed E-state index contributed by atoms with van der Waals surface area (Å²) in [6, 6.07) is 7.07. The van der Waals surface area contributed by atoms with E-state index in [1.165, 1.54) is 0 Å². The van der Waals surface area contributed by atoms with Crippen molar-refractivity contribution in [1.29, 1.82) is 5.26 Å². The summed E-state index contributed by atoms with van der Waals surface area (Å²) < 4.78 is 0. The van der Waals surface area contributed by atoms with Crippen molar-refractivity contribution >= 4 is 28.9 Å². The molecule has 1 aromatic heterocycles. The fraction of sp³-hybridized carbons (Fsp3) is 0.154. The fourth-order valence-electron chi connectivity index (χ4n) is 1.52. The topological polar surface area (TPSA) is 73.6 Å². The van der Waals surface area contributed by atoms with Gasteiger partial charge in [-0.3, -0.25) is 4.98 Å². The highest BCUT2D eigenvalue weighted by atomic mass is 35.5. The smallest absolute Gasteiger partial charge is 0.151 e. The number of aromatic nitrogens is 2. The second kappa shape index (κ2) is 6.03. The van der Waals surface area contributed by atoms with Crippen LogP contribution in [0.25, 0.3) is 0 Å². The minimum Gasteiger partial charge on any atom is -0.369 e. The molecule has 2 aromatic rings. The minimum absolute atomic E-state index is 0.523. The second-order valence-corrected chi connectivity index (χ2v) is 4.16. The first kappa shape index (κ1) is 13.1. The molecule has 2 N–H and O–H groups in total. The van der Waals surface area contributed by atoms with Gasteiger partial charge in [-0.1, -0.05) is 11.6 Å². The zero-order chi connectivity index (χ0) is 13.7. The summed E-state index contributed by atoms with van der Waals surface area (Å²) in [4.78, 5) is 8.40. The molecule has 0 unspecified atom stereocenters. The maximum absolute atomic E-state index is 8.87. The monoisotopic (exact) mass is 273 g/mol. The van der Waals surface area contributed by atoms with Crippen LogP contribution in [0.3, 0.4) is 0 Å². The number of nitrogens with one attached hydrogen (secondary N) is 2. The largest absolute Gasteiger partial charge is 0.369 e. The van der Waals surface area contributed by atoms with E-state index in [0.717, 1.165) is 6.54 Å². The standard InChI is InChI=1S/C13H12ClN5/c1-2-17-12-7-16-8-13(19-12)18-11-5-9(6-15)3-4-10(11)14/h3-5,7-8H,2H2,1H3,(H2,17,18,19). The lowest BCUT2D eigenvalue weighted by Crippen LogP contribution is -2.02. The van der Waals surface area contributed by atoms with Gasteiger partial charge >= 0.3 is 0 Å². The third-order valence-electron chi connectivity index (χ3n) is 2.35. The molecule has 5 nitrogen and oxygen atoms in total. The van der Waals surface area contributed by atoms with E-state index < -0.39 is 0 Å². The number of hydrogen-bond acceptors (Lipinski definition) is 5. The average molecular weight is 274 g/mol. The molecule has 0 fully saturated rings. The lowest BCUT2D eigenvalue weighted by atomic mass is 10.2. The van der Waals surface area contributed by atoms with Crippen LogP contribution >= 0.6 is 11.6 Å². The number of anilines is 3. The molecule has 0 amide bonds. The number of halogens is 1. The van der Waals surface area contributed by atoms with E-state index in [1.54, 1.807) is 30.6 Å². The van der Waals surface area contributed by atoms with E-state index in [-0.39, 0.29) is 0 Å². The molecule has 0 saturated heterocycles. The van der Waals surface area contributed by atoms with E-state index in [4.69, 9.17) is 16.9 Å². The summed E-state index contributed by atoms with van der Waals surface area (Å²) in [5.74, 6) is 1.25. The summed E-state index contributed by atoms with van der Waals surface area (Å²) in [6.07, 6.45) is 3.23. The van der Waals surface area contributed by atoms with Gasteiger partial charge in [0.25, 0.3) is 0 Å². The second-order valence-electron chi connectivity index (χ2n) is 3.75. The number of benzene rings is 1. The molecular formula is C13H12ClN5. The van der Waals surface area contributed by atoms with Crippen molar-refractivity contribution in [2.24, 2.45) is 0 Å². The van der Waals surface area contributed by atoms with Crippen LogP contribution < -0.4 is 10.6 Å². The van der Waals surface area contributed by atoms with E-state index in [9.17, 15) is 0 Å². The predicted octanol–water partition coefficient (Wildman–Crippen LogP) is 3.18. The van der Waals surface area contributed by atoms with Gasteiger partial charge in [0.2, 0.25) is 0 Å². The molecule has 0 radical (unpaired) electrons. The van der Waals surface area contributed by atoms with Gasteiger partial charge in [0.05, 0.1) is 34.7 Å². The van der Waals surface area contributed by atoms with Crippen molar-refractivity contribution in [3.63, 3.8) is 0 Å². The summed E-state index contributed by atoms with van der Waals surface area (Å²) in [5, 5.41) is 15.5. The molecule has 0 aliphatic rings. The van der Waals surface area contributed by atoms with Crippen molar-refractivity contribution < 1.29 is 0 Å². The maximum Gasteiger partial charge on any atom is 0.151 e. The first-order valence-corrected chi connectivity index (χ1v) is 6.13. The molecule has 0 aliphatic heterocycles. The van der Waals surface area contributed by atoms with Crippen molar-refractivity contribution in [3.05, 3.63) is 41.2 Å². The van der Waals surface area contributed by atoms with Gasteiger partial charge in [-0.15, -0.1) is 0 Å². The number of nitriles is 1. The molecule has 96 valence electrons. The lowest BCUT2D eigenvalue weighted by molar-refractivity contribution is 1.12. The SMILES string of the molecule is CCNc1cncc(Nc2cc(C#N)ccc2Cl)n1. The first-order valence-electron chi connectivity index (χ1n) is 5.75.